The van der Waals surface area contributed by atoms with Gasteiger partial charge in [0.15, 0.2) is 0 Å². The van der Waals surface area contributed by atoms with Crippen LogP contribution in [0.2, 0.25) is 0 Å². The lowest BCUT2D eigenvalue weighted by Crippen LogP contribution is -2.63. The quantitative estimate of drug-likeness (QED) is 0.477. The predicted octanol–water partition coefficient (Wildman–Crippen LogP) is 4.18. The smallest absolute Gasteiger partial charge is 0.327 e. The zero-order valence-corrected chi connectivity index (χ0v) is 22.4. The summed E-state index contributed by atoms with van der Waals surface area (Å²) in [5.41, 5.74) is 1.22. The van der Waals surface area contributed by atoms with Crippen molar-refractivity contribution in [3.8, 4) is 0 Å². The van der Waals surface area contributed by atoms with Gasteiger partial charge < -0.3 is 19.5 Å². The van der Waals surface area contributed by atoms with E-state index in [0.717, 1.165) is 44.1 Å². The van der Waals surface area contributed by atoms with Crippen molar-refractivity contribution in [2.24, 2.45) is 5.92 Å². The second-order valence-corrected chi connectivity index (χ2v) is 10.1. The van der Waals surface area contributed by atoms with Gasteiger partial charge in [-0.05, 0) is 55.5 Å². The van der Waals surface area contributed by atoms with E-state index in [1.165, 1.54) is 4.90 Å². The number of imide groups is 1. The maximum Gasteiger partial charge on any atom is 0.327 e. The first-order valence-corrected chi connectivity index (χ1v) is 13.7. The molecule has 2 aliphatic rings. The highest BCUT2D eigenvalue weighted by atomic mass is 16.3. The van der Waals surface area contributed by atoms with Gasteiger partial charge >= 0.3 is 6.03 Å². The minimum absolute atomic E-state index is 0.00143. The van der Waals surface area contributed by atoms with E-state index < -0.39 is 6.03 Å². The molecule has 1 N–H and O–H groups in total. The molecule has 2 unspecified atom stereocenters. The molecule has 4 rings (SSSR count). The minimum atomic E-state index is -0.403. The van der Waals surface area contributed by atoms with Crippen LogP contribution in [0.15, 0.2) is 47.1 Å². The van der Waals surface area contributed by atoms with E-state index >= 15 is 0 Å². The van der Waals surface area contributed by atoms with Gasteiger partial charge in [-0.1, -0.05) is 38.8 Å². The molecule has 1 aliphatic heterocycles. The fourth-order valence-electron chi connectivity index (χ4n) is 5.47. The van der Waals surface area contributed by atoms with Crippen LogP contribution < -0.4 is 5.32 Å². The molecule has 1 aromatic heterocycles. The maximum atomic E-state index is 13.6. The maximum absolute atomic E-state index is 13.6. The molecule has 204 valence electrons. The number of hydrogen-bond acceptors (Lipinski definition) is 5. The number of nitrogens with zero attached hydrogens (tertiary/aromatic N) is 3. The van der Waals surface area contributed by atoms with Crippen LogP contribution in [-0.4, -0.2) is 64.1 Å². The molecular formula is C29H38N4O5. The van der Waals surface area contributed by atoms with Crippen LogP contribution in [0.5, 0.6) is 0 Å². The number of carbonyl (C=O) groups excluding carboxylic acids is 4. The number of amides is 5. The van der Waals surface area contributed by atoms with E-state index in [-0.39, 0.29) is 49.3 Å². The van der Waals surface area contributed by atoms with Crippen LogP contribution in [0, 0.1) is 5.92 Å². The molecule has 2 aromatic rings. The average molecular weight is 523 g/mol. The lowest BCUT2D eigenvalue weighted by molar-refractivity contribution is -0.144. The Balaban J connectivity index is 1.46. The number of hydrogen-bond donors (Lipinski definition) is 1. The molecule has 5 amide bonds. The highest BCUT2D eigenvalue weighted by Gasteiger charge is 2.47. The monoisotopic (exact) mass is 522 g/mol. The molecule has 38 heavy (non-hydrogen) atoms. The van der Waals surface area contributed by atoms with E-state index in [1.54, 1.807) is 47.6 Å². The number of carbonyl (C=O) groups is 4. The zero-order valence-electron chi connectivity index (χ0n) is 22.4. The van der Waals surface area contributed by atoms with Gasteiger partial charge in [0.05, 0.1) is 25.3 Å². The summed E-state index contributed by atoms with van der Waals surface area (Å²) >= 11 is 0. The van der Waals surface area contributed by atoms with Crippen molar-refractivity contribution in [2.45, 2.75) is 71.5 Å². The molecule has 1 saturated carbocycles. The highest BCUT2D eigenvalue weighted by molar-refractivity contribution is 6.00. The van der Waals surface area contributed by atoms with Crippen molar-refractivity contribution in [2.75, 3.05) is 19.6 Å². The standard InChI is InChI=1S/C29H38N4O5/c1-3-15-31(16-4-2)26(34)20-32-25-10-6-5-9-24(25)28(36)33(29(32)37)19-21-11-13-22(14-12-21)27(35)30-18-23-8-7-17-38-23/h7-8,11-14,17,24-25H,3-6,9-10,15-16,18-20H2,1-2H3,(H,30,35). The molecule has 0 bridgehead atoms. The van der Waals surface area contributed by atoms with E-state index in [0.29, 0.717) is 24.4 Å². The van der Waals surface area contributed by atoms with Crippen LogP contribution in [0.25, 0.3) is 0 Å². The molecule has 1 saturated heterocycles. The van der Waals surface area contributed by atoms with E-state index in [1.807, 2.05) is 18.7 Å². The molecule has 0 radical (unpaired) electrons. The fraction of sp³-hybridized carbons (Fsp3) is 0.517. The van der Waals surface area contributed by atoms with Gasteiger partial charge in [0.1, 0.15) is 12.3 Å². The van der Waals surface area contributed by atoms with Gasteiger partial charge in [-0.2, -0.15) is 0 Å². The summed E-state index contributed by atoms with van der Waals surface area (Å²) in [4.78, 5) is 57.5. The van der Waals surface area contributed by atoms with E-state index in [2.05, 4.69) is 5.32 Å². The Labute approximate surface area is 224 Å². The highest BCUT2D eigenvalue weighted by Crippen LogP contribution is 2.35. The molecular weight excluding hydrogens is 484 g/mol. The SMILES string of the molecule is CCCN(CCC)C(=O)CN1C(=O)N(Cc2ccc(C(=O)NCc3ccco3)cc2)C(=O)C2CCCCC21. The molecule has 1 aromatic carbocycles. The third-order valence-corrected chi connectivity index (χ3v) is 7.40. The summed E-state index contributed by atoms with van der Waals surface area (Å²) in [5, 5.41) is 2.80. The van der Waals surface area contributed by atoms with Crippen LogP contribution in [-0.2, 0) is 22.7 Å². The Morgan fingerprint density at radius 2 is 1.74 bits per heavy atom. The first-order chi connectivity index (χ1) is 18.4. The lowest BCUT2D eigenvalue weighted by Gasteiger charge is -2.47. The lowest BCUT2D eigenvalue weighted by atomic mass is 9.81. The van der Waals surface area contributed by atoms with E-state index in [9.17, 15) is 19.2 Å². The van der Waals surface area contributed by atoms with Crippen LogP contribution >= 0.6 is 0 Å². The third-order valence-electron chi connectivity index (χ3n) is 7.40. The topological polar surface area (TPSA) is 103 Å². The summed E-state index contributed by atoms with van der Waals surface area (Å²) in [5.74, 6) is -0.0925. The summed E-state index contributed by atoms with van der Waals surface area (Å²) < 4.78 is 5.24. The minimum Gasteiger partial charge on any atom is -0.467 e. The van der Waals surface area contributed by atoms with Gasteiger partial charge in [-0.15, -0.1) is 0 Å². The van der Waals surface area contributed by atoms with Crippen molar-refractivity contribution in [3.05, 3.63) is 59.5 Å². The van der Waals surface area contributed by atoms with Gasteiger partial charge in [0.25, 0.3) is 5.91 Å². The van der Waals surface area contributed by atoms with Gasteiger partial charge in [-0.3, -0.25) is 19.3 Å². The average Bonchev–Trinajstić information content (AvgIpc) is 3.46. The number of urea groups is 1. The number of nitrogens with one attached hydrogen (secondary N) is 1. The van der Waals surface area contributed by atoms with Crippen molar-refractivity contribution in [1.82, 2.24) is 20.0 Å². The Morgan fingerprint density at radius 3 is 2.39 bits per heavy atom. The summed E-state index contributed by atoms with van der Waals surface area (Å²) in [7, 11) is 0. The van der Waals surface area contributed by atoms with Crippen molar-refractivity contribution < 1.29 is 23.6 Å². The molecule has 2 atom stereocenters. The Hall–Kier alpha value is -3.62. The fourth-order valence-corrected chi connectivity index (χ4v) is 5.47. The van der Waals surface area contributed by atoms with Gasteiger partial charge in [-0.25, -0.2) is 4.79 Å². The number of benzene rings is 1. The Bertz CT molecular complexity index is 1110. The zero-order chi connectivity index (χ0) is 27.1. The van der Waals surface area contributed by atoms with Gasteiger partial charge in [0.2, 0.25) is 11.8 Å². The molecule has 2 fully saturated rings. The van der Waals surface area contributed by atoms with Crippen LogP contribution in [0.4, 0.5) is 4.79 Å². The molecule has 1 aliphatic carbocycles. The van der Waals surface area contributed by atoms with Crippen molar-refractivity contribution >= 4 is 23.8 Å². The second-order valence-electron chi connectivity index (χ2n) is 10.1. The van der Waals surface area contributed by atoms with E-state index in [4.69, 9.17) is 4.42 Å². The number of furan rings is 1. The predicted molar refractivity (Wildman–Crippen MR) is 142 cm³/mol. The summed E-state index contributed by atoms with van der Waals surface area (Å²) in [6.07, 6.45) is 6.62. The second kappa shape index (κ2) is 12.8. The first kappa shape index (κ1) is 27.4. The normalized spacial score (nSPS) is 19.3. The summed E-state index contributed by atoms with van der Waals surface area (Å²) in [6.45, 7) is 5.78. The molecule has 9 nitrogen and oxygen atoms in total. The van der Waals surface area contributed by atoms with Crippen molar-refractivity contribution in [1.29, 1.82) is 0 Å². The van der Waals surface area contributed by atoms with Crippen LogP contribution in [0.1, 0.15) is 74.1 Å². The Morgan fingerprint density at radius 1 is 1.03 bits per heavy atom. The summed E-state index contributed by atoms with van der Waals surface area (Å²) in [6, 6.07) is 9.80. The Kier molecular flexibility index (Phi) is 9.20. The first-order valence-electron chi connectivity index (χ1n) is 13.7. The van der Waals surface area contributed by atoms with Gasteiger partial charge in [0, 0.05) is 24.7 Å². The largest absolute Gasteiger partial charge is 0.467 e. The molecule has 9 heteroatoms. The number of rotatable bonds is 11. The molecule has 2 heterocycles. The van der Waals surface area contributed by atoms with Crippen LogP contribution in [0.3, 0.4) is 0 Å². The van der Waals surface area contributed by atoms with Crippen molar-refractivity contribution in [3.63, 3.8) is 0 Å². The number of fused-ring (bicyclic) bond motifs is 1. The third kappa shape index (κ3) is 6.26. The molecule has 0 spiro atoms.